The molecule has 1 heterocycles. The second-order valence-corrected chi connectivity index (χ2v) is 8.15. The number of allylic oxidation sites excluding steroid dienone is 1. The molecule has 2 aliphatic carbocycles. The fourth-order valence-corrected chi connectivity index (χ4v) is 4.91. The highest BCUT2D eigenvalue weighted by molar-refractivity contribution is 6.21. The van der Waals surface area contributed by atoms with Crippen LogP contribution in [-0.2, 0) is 14.4 Å². The number of rotatable bonds is 3. The van der Waals surface area contributed by atoms with Gasteiger partial charge in [-0.05, 0) is 46.5 Å². The number of imide groups is 1. The third kappa shape index (κ3) is 1.63. The molecular formula is C19H25NO4. The summed E-state index contributed by atoms with van der Waals surface area (Å²) in [6, 6.07) is 0. The number of amides is 2. The van der Waals surface area contributed by atoms with Gasteiger partial charge in [-0.1, -0.05) is 25.5 Å². The number of carbonyl (C=O) groups excluding carboxylic acids is 2. The van der Waals surface area contributed by atoms with Crippen molar-refractivity contribution in [3.63, 3.8) is 0 Å². The molecule has 1 fully saturated rings. The van der Waals surface area contributed by atoms with E-state index in [0.717, 1.165) is 18.4 Å². The summed E-state index contributed by atoms with van der Waals surface area (Å²) in [6.07, 6.45) is 4.86. The fourth-order valence-electron chi connectivity index (χ4n) is 4.91. The standard InChI is InChI=1S/C19H25NO4/c1-11(2)10-19(17(3,4)18(19,5)16(23)24)20-14(21)12-8-6-7-9-13(12)15(20)22/h10H,6-9H2,1-5H3,(H,23,24). The minimum Gasteiger partial charge on any atom is -0.481 e. The van der Waals surface area contributed by atoms with Crippen LogP contribution in [0.2, 0.25) is 0 Å². The van der Waals surface area contributed by atoms with E-state index in [9.17, 15) is 19.5 Å². The third-order valence-electron chi connectivity index (χ3n) is 6.57. The maximum atomic E-state index is 13.0. The summed E-state index contributed by atoms with van der Waals surface area (Å²) in [6.45, 7) is 9.05. The monoisotopic (exact) mass is 331 g/mol. The van der Waals surface area contributed by atoms with Gasteiger partial charge in [0.25, 0.3) is 11.8 Å². The molecule has 5 heteroatoms. The van der Waals surface area contributed by atoms with Crippen molar-refractivity contribution in [1.82, 2.24) is 4.90 Å². The van der Waals surface area contributed by atoms with Gasteiger partial charge in [0.2, 0.25) is 0 Å². The zero-order valence-electron chi connectivity index (χ0n) is 15.0. The molecule has 0 bridgehead atoms. The summed E-state index contributed by atoms with van der Waals surface area (Å²) in [7, 11) is 0. The lowest BCUT2D eigenvalue weighted by Gasteiger charge is -2.29. The van der Waals surface area contributed by atoms with Crippen LogP contribution in [0.3, 0.4) is 0 Å². The largest absolute Gasteiger partial charge is 0.481 e. The Morgan fingerprint density at radius 2 is 1.50 bits per heavy atom. The van der Waals surface area contributed by atoms with Crippen LogP contribution in [0, 0.1) is 10.8 Å². The van der Waals surface area contributed by atoms with Crippen LogP contribution < -0.4 is 0 Å². The van der Waals surface area contributed by atoms with Gasteiger partial charge in [0.15, 0.2) is 0 Å². The molecule has 3 rings (SSSR count). The predicted molar refractivity (Wildman–Crippen MR) is 89.0 cm³/mol. The number of nitrogens with zero attached hydrogens (tertiary/aromatic N) is 1. The van der Waals surface area contributed by atoms with Crippen molar-refractivity contribution in [1.29, 1.82) is 0 Å². The number of carboxylic acids is 1. The quantitative estimate of drug-likeness (QED) is 0.637. The van der Waals surface area contributed by atoms with Gasteiger partial charge in [0.05, 0.1) is 5.54 Å². The molecule has 3 aliphatic rings. The highest BCUT2D eigenvalue weighted by atomic mass is 16.4. The molecule has 0 aromatic rings. The van der Waals surface area contributed by atoms with Gasteiger partial charge >= 0.3 is 5.97 Å². The molecular weight excluding hydrogens is 306 g/mol. The molecule has 0 spiro atoms. The summed E-state index contributed by atoms with van der Waals surface area (Å²) in [4.78, 5) is 39.4. The van der Waals surface area contributed by atoms with E-state index < -0.39 is 22.3 Å². The van der Waals surface area contributed by atoms with Gasteiger partial charge in [0, 0.05) is 16.6 Å². The minimum atomic E-state index is -1.20. The van der Waals surface area contributed by atoms with Crippen molar-refractivity contribution in [3.05, 3.63) is 22.8 Å². The van der Waals surface area contributed by atoms with E-state index in [1.54, 1.807) is 6.92 Å². The Morgan fingerprint density at radius 3 is 1.83 bits per heavy atom. The molecule has 1 saturated carbocycles. The Hall–Kier alpha value is -1.91. The number of aliphatic carboxylic acids is 1. The molecule has 2 unspecified atom stereocenters. The normalized spacial score (nSPS) is 34.3. The van der Waals surface area contributed by atoms with Crippen LogP contribution >= 0.6 is 0 Å². The van der Waals surface area contributed by atoms with Gasteiger partial charge in [0.1, 0.15) is 5.41 Å². The third-order valence-corrected chi connectivity index (χ3v) is 6.57. The molecule has 1 N–H and O–H groups in total. The molecule has 2 amide bonds. The Kier molecular flexibility index (Phi) is 3.39. The average Bonchev–Trinajstić information content (AvgIpc) is 2.74. The SMILES string of the molecule is CC(C)=CC1(N2C(=O)C3=C(CCCC3)C2=O)C(C)(C)C1(C)C(=O)O. The second-order valence-electron chi connectivity index (χ2n) is 8.15. The Balaban J connectivity index is 2.18. The molecule has 24 heavy (non-hydrogen) atoms. The highest BCUT2D eigenvalue weighted by Crippen LogP contribution is 2.76. The number of hydrogen-bond acceptors (Lipinski definition) is 3. The highest BCUT2D eigenvalue weighted by Gasteiger charge is 2.87. The summed E-state index contributed by atoms with van der Waals surface area (Å²) in [5.41, 5.74) is -0.943. The zero-order valence-corrected chi connectivity index (χ0v) is 15.0. The Morgan fingerprint density at radius 1 is 1.04 bits per heavy atom. The second kappa shape index (κ2) is 4.80. The first-order valence-electron chi connectivity index (χ1n) is 8.54. The van der Waals surface area contributed by atoms with E-state index in [-0.39, 0.29) is 11.8 Å². The van der Waals surface area contributed by atoms with Crippen LogP contribution in [0.1, 0.15) is 60.3 Å². The van der Waals surface area contributed by atoms with Crippen molar-refractivity contribution in [2.24, 2.45) is 10.8 Å². The molecule has 130 valence electrons. The van der Waals surface area contributed by atoms with Crippen molar-refractivity contribution in [2.75, 3.05) is 0 Å². The summed E-state index contributed by atoms with van der Waals surface area (Å²) in [5, 5.41) is 9.90. The number of hydrogen-bond donors (Lipinski definition) is 1. The van der Waals surface area contributed by atoms with Crippen molar-refractivity contribution < 1.29 is 19.5 Å². The Bertz CT molecular complexity index is 698. The van der Waals surface area contributed by atoms with Crippen molar-refractivity contribution in [2.45, 2.75) is 65.8 Å². The number of carbonyl (C=O) groups is 3. The lowest BCUT2D eigenvalue weighted by atomic mass is 9.93. The van der Waals surface area contributed by atoms with E-state index in [4.69, 9.17) is 0 Å². The molecule has 5 nitrogen and oxygen atoms in total. The predicted octanol–water partition coefficient (Wildman–Crippen LogP) is 3.06. The van der Waals surface area contributed by atoms with E-state index in [1.807, 2.05) is 33.8 Å². The first-order valence-corrected chi connectivity index (χ1v) is 8.54. The van der Waals surface area contributed by atoms with Gasteiger partial charge in [-0.25, -0.2) is 0 Å². The van der Waals surface area contributed by atoms with Gasteiger partial charge in [-0.2, -0.15) is 0 Å². The van der Waals surface area contributed by atoms with Crippen LogP contribution in [0.15, 0.2) is 22.8 Å². The van der Waals surface area contributed by atoms with Gasteiger partial charge in [-0.15, -0.1) is 0 Å². The summed E-state index contributed by atoms with van der Waals surface area (Å²) < 4.78 is 0. The molecule has 0 saturated heterocycles. The van der Waals surface area contributed by atoms with E-state index in [2.05, 4.69) is 0 Å². The zero-order chi connectivity index (χ0) is 18.1. The molecule has 0 aromatic heterocycles. The van der Waals surface area contributed by atoms with Crippen LogP contribution in [-0.4, -0.2) is 33.3 Å². The van der Waals surface area contributed by atoms with E-state index in [0.29, 0.717) is 24.0 Å². The maximum absolute atomic E-state index is 13.0. The molecule has 0 aromatic carbocycles. The minimum absolute atomic E-state index is 0.287. The molecule has 2 atom stereocenters. The van der Waals surface area contributed by atoms with E-state index >= 15 is 0 Å². The van der Waals surface area contributed by atoms with E-state index in [1.165, 1.54) is 4.90 Å². The van der Waals surface area contributed by atoms with Gasteiger partial charge < -0.3 is 5.11 Å². The molecule has 0 radical (unpaired) electrons. The first-order chi connectivity index (χ1) is 11.0. The van der Waals surface area contributed by atoms with Crippen molar-refractivity contribution in [3.8, 4) is 0 Å². The number of carboxylic acid groups (broad SMARTS) is 1. The summed E-state index contributed by atoms with van der Waals surface area (Å²) >= 11 is 0. The lowest BCUT2D eigenvalue weighted by molar-refractivity contribution is -0.147. The van der Waals surface area contributed by atoms with Crippen molar-refractivity contribution >= 4 is 17.8 Å². The summed E-state index contributed by atoms with van der Waals surface area (Å²) in [5.74, 6) is -1.55. The fraction of sp³-hybridized carbons (Fsp3) is 0.632. The lowest BCUT2D eigenvalue weighted by Crippen LogP contribution is -2.48. The van der Waals surface area contributed by atoms with Crippen LogP contribution in [0.5, 0.6) is 0 Å². The first kappa shape index (κ1) is 16.9. The van der Waals surface area contributed by atoms with Crippen LogP contribution in [0.4, 0.5) is 0 Å². The molecule has 1 aliphatic heterocycles. The topological polar surface area (TPSA) is 74.7 Å². The van der Waals surface area contributed by atoms with Crippen LogP contribution in [0.25, 0.3) is 0 Å². The maximum Gasteiger partial charge on any atom is 0.312 e. The van der Waals surface area contributed by atoms with Gasteiger partial charge in [-0.3, -0.25) is 19.3 Å². The average molecular weight is 331 g/mol. The Labute approximate surface area is 142 Å². The smallest absolute Gasteiger partial charge is 0.312 e.